The highest BCUT2D eigenvalue weighted by molar-refractivity contribution is 5.97. The summed E-state index contributed by atoms with van der Waals surface area (Å²) in [5.41, 5.74) is 8.70. The molecule has 0 radical (unpaired) electrons. The Kier molecular flexibility index (Phi) is 8.45. The van der Waals surface area contributed by atoms with E-state index in [0.29, 0.717) is 30.2 Å². The van der Waals surface area contributed by atoms with Crippen molar-refractivity contribution in [3.05, 3.63) is 226 Å². The van der Waals surface area contributed by atoms with Crippen LogP contribution in [0.3, 0.4) is 0 Å². The minimum Gasteiger partial charge on any atom is -0.456 e. The third-order valence-electron chi connectivity index (χ3n) is 10.3. The van der Waals surface area contributed by atoms with Gasteiger partial charge in [0.1, 0.15) is 11.5 Å². The van der Waals surface area contributed by atoms with Gasteiger partial charge in [0.05, 0.1) is 5.56 Å². The van der Waals surface area contributed by atoms with Crippen molar-refractivity contribution < 1.29 is 14.3 Å². The van der Waals surface area contributed by atoms with Crippen LogP contribution in [0.1, 0.15) is 49.3 Å². The lowest BCUT2D eigenvalue weighted by Crippen LogP contribution is -2.34. The summed E-state index contributed by atoms with van der Waals surface area (Å²) in [5, 5.41) is 0. The van der Waals surface area contributed by atoms with Crippen LogP contribution >= 0.6 is 0 Å². The highest BCUT2D eigenvalue weighted by Crippen LogP contribution is 2.57. The molecule has 7 aromatic carbocycles. The Labute approximate surface area is 310 Å². The third kappa shape index (κ3) is 6.21. The predicted molar refractivity (Wildman–Crippen MR) is 210 cm³/mol. The maximum Gasteiger partial charge on any atom is 0.340 e. The standard InChI is InChI=1S/C48H38N2O3/c51-47-41-23-13-14-24-42(41)48(53-47)43-27-25-40(50(33-37-19-9-3-10-20-37)34-38-21-11-4-12-22-38)30-46(43)52-45-28-26-39(29-44(45)48)49(31-35-15-5-1-6-16-35)32-36-17-7-2-8-18-36/h1-30H,31-34H2. The van der Waals surface area contributed by atoms with E-state index in [-0.39, 0.29) is 5.97 Å². The normalized spacial score (nSPS) is 15.1. The highest BCUT2D eigenvalue weighted by atomic mass is 16.6. The van der Waals surface area contributed by atoms with Crippen molar-refractivity contribution in [1.82, 2.24) is 0 Å². The van der Waals surface area contributed by atoms with Gasteiger partial charge in [-0.1, -0.05) is 140 Å². The fourth-order valence-corrected chi connectivity index (χ4v) is 7.73. The van der Waals surface area contributed by atoms with Crippen LogP contribution in [-0.2, 0) is 36.5 Å². The second-order valence-electron chi connectivity index (χ2n) is 13.7. The average molecular weight is 691 g/mol. The molecule has 0 fully saturated rings. The van der Waals surface area contributed by atoms with Crippen molar-refractivity contribution in [1.29, 1.82) is 0 Å². The molecule has 9 rings (SSSR count). The van der Waals surface area contributed by atoms with Crippen molar-refractivity contribution in [2.24, 2.45) is 0 Å². The zero-order chi connectivity index (χ0) is 35.6. The van der Waals surface area contributed by atoms with Crippen molar-refractivity contribution >= 4 is 17.3 Å². The first-order valence-corrected chi connectivity index (χ1v) is 18.1. The van der Waals surface area contributed by atoms with E-state index < -0.39 is 5.60 Å². The summed E-state index contributed by atoms with van der Waals surface area (Å²) in [6.07, 6.45) is 0. The first-order chi connectivity index (χ1) is 26.1. The van der Waals surface area contributed by atoms with Gasteiger partial charge in [-0.15, -0.1) is 0 Å². The molecule has 0 N–H and O–H groups in total. The van der Waals surface area contributed by atoms with Crippen LogP contribution in [0, 0.1) is 0 Å². The zero-order valence-electron chi connectivity index (χ0n) is 29.3. The van der Waals surface area contributed by atoms with Gasteiger partial charge >= 0.3 is 5.97 Å². The molecule has 53 heavy (non-hydrogen) atoms. The van der Waals surface area contributed by atoms with E-state index in [1.165, 1.54) is 22.3 Å². The minimum atomic E-state index is -1.18. The summed E-state index contributed by atoms with van der Waals surface area (Å²) in [5.74, 6) is 0.998. The third-order valence-corrected chi connectivity index (χ3v) is 10.3. The Morgan fingerprint density at radius 3 is 1.40 bits per heavy atom. The largest absolute Gasteiger partial charge is 0.456 e. The lowest BCUT2D eigenvalue weighted by molar-refractivity contribution is 0.0224. The van der Waals surface area contributed by atoms with E-state index in [0.717, 1.165) is 41.2 Å². The summed E-state index contributed by atoms with van der Waals surface area (Å²) in [7, 11) is 0. The van der Waals surface area contributed by atoms with Crippen LogP contribution in [0.15, 0.2) is 182 Å². The quantitative estimate of drug-likeness (QED) is 0.134. The molecule has 2 aliphatic rings. The molecule has 0 bridgehead atoms. The number of hydrogen-bond acceptors (Lipinski definition) is 5. The summed E-state index contributed by atoms with van der Waals surface area (Å²) in [6.45, 7) is 2.85. The molecule has 258 valence electrons. The second kappa shape index (κ2) is 13.9. The molecule has 2 heterocycles. The van der Waals surface area contributed by atoms with Crippen LogP contribution in [0.2, 0.25) is 0 Å². The van der Waals surface area contributed by atoms with E-state index in [4.69, 9.17) is 9.47 Å². The van der Waals surface area contributed by atoms with E-state index in [9.17, 15) is 4.79 Å². The van der Waals surface area contributed by atoms with Gasteiger partial charge < -0.3 is 19.3 Å². The molecule has 5 nitrogen and oxygen atoms in total. The topological polar surface area (TPSA) is 42.0 Å². The van der Waals surface area contributed by atoms with Crippen LogP contribution in [0.4, 0.5) is 11.4 Å². The first kappa shape index (κ1) is 32.3. The number of rotatable bonds is 10. The summed E-state index contributed by atoms with van der Waals surface area (Å²) in [4.78, 5) is 18.5. The second-order valence-corrected chi connectivity index (χ2v) is 13.7. The molecule has 0 saturated heterocycles. The van der Waals surface area contributed by atoms with Gasteiger partial charge in [0.25, 0.3) is 0 Å². The Morgan fingerprint density at radius 1 is 0.415 bits per heavy atom. The van der Waals surface area contributed by atoms with E-state index in [1.807, 2.05) is 54.6 Å². The summed E-state index contributed by atoms with van der Waals surface area (Å²) in [6, 6.07) is 62.4. The van der Waals surface area contributed by atoms with Crippen molar-refractivity contribution in [3.8, 4) is 11.5 Å². The van der Waals surface area contributed by atoms with Crippen LogP contribution in [0.25, 0.3) is 0 Å². The molecule has 0 amide bonds. The monoisotopic (exact) mass is 690 g/mol. The van der Waals surface area contributed by atoms with Gasteiger partial charge in [0.15, 0.2) is 5.60 Å². The molecule has 0 aliphatic carbocycles. The molecule has 1 unspecified atom stereocenters. The molecule has 2 aliphatic heterocycles. The number of carbonyl (C=O) groups excluding carboxylic acids is 1. The van der Waals surface area contributed by atoms with Crippen molar-refractivity contribution in [2.75, 3.05) is 9.80 Å². The van der Waals surface area contributed by atoms with Gasteiger partial charge in [-0.05, 0) is 58.7 Å². The molecule has 1 spiro atoms. The SMILES string of the molecule is O=C1OC2(c3ccc(N(Cc4ccccc4)Cc4ccccc4)cc3Oc3ccc(N(Cc4ccccc4)Cc4ccccc4)cc32)c2ccccc21. The Morgan fingerprint density at radius 2 is 0.868 bits per heavy atom. The molecule has 7 aromatic rings. The molecule has 5 heteroatoms. The van der Waals surface area contributed by atoms with Gasteiger partial charge in [-0.2, -0.15) is 0 Å². The lowest BCUT2D eigenvalue weighted by atomic mass is 9.77. The highest BCUT2D eigenvalue weighted by Gasteiger charge is 2.53. The Balaban J connectivity index is 1.16. The Bertz CT molecular complexity index is 2300. The van der Waals surface area contributed by atoms with Crippen LogP contribution in [-0.4, -0.2) is 5.97 Å². The molecule has 1 atom stereocenters. The summed E-state index contributed by atoms with van der Waals surface area (Å²) < 4.78 is 13.5. The maximum absolute atomic E-state index is 13.8. The number of benzene rings is 7. The lowest BCUT2D eigenvalue weighted by Gasteiger charge is -2.38. The van der Waals surface area contributed by atoms with Crippen molar-refractivity contribution in [2.45, 2.75) is 31.8 Å². The summed E-state index contributed by atoms with van der Waals surface area (Å²) >= 11 is 0. The minimum absolute atomic E-state index is 0.339. The molecular formula is C48H38N2O3. The number of fused-ring (bicyclic) bond motifs is 6. The average Bonchev–Trinajstić information content (AvgIpc) is 3.51. The van der Waals surface area contributed by atoms with Crippen LogP contribution in [0.5, 0.6) is 11.5 Å². The number of ether oxygens (including phenoxy) is 2. The van der Waals surface area contributed by atoms with Crippen LogP contribution < -0.4 is 14.5 Å². The van der Waals surface area contributed by atoms with Gasteiger partial charge in [-0.25, -0.2) is 4.79 Å². The maximum atomic E-state index is 13.8. The molecule has 0 aromatic heterocycles. The van der Waals surface area contributed by atoms with Gasteiger partial charge in [-0.3, -0.25) is 0 Å². The Hall–Kier alpha value is -6.59. The van der Waals surface area contributed by atoms with E-state index in [1.54, 1.807) is 0 Å². The smallest absolute Gasteiger partial charge is 0.340 e. The predicted octanol–water partition coefficient (Wildman–Crippen LogP) is 10.7. The fourth-order valence-electron chi connectivity index (χ4n) is 7.73. The number of nitrogens with zero attached hydrogens (tertiary/aromatic N) is 2. The number of carbonyl (C=O) groups is 1. The molecule has 0 saturated carbocycles. The van der Waals surface area contributed by atoms with Gasteiger partial charge in [0.2, 0.25) is 0 Å². The van der Waals surface area contributed by atoms with E-state index in [2.05, 4.69) is 137 Å². The fraction of sp³-hybridized carbons (Fsp3) is 0.104. The number of hydrogen-bond donors (Lipinski definition) is 0. The number of anilines is 2. The first-order valence-electron chi connectivity index (χ1n) is 18.1. The van der Waals surface area contributed by atoms with Gasteiger partial charge in [0, 0.05) is 60.3 Å². The molecular weight excluding hydrogens is 653 g/mol. The van der Waals surface area contributed by atoms with E-state index >= 15 is 0 Å². The zero-order valence-corrected chi connectivity index (χ0v) is 29.3. The number of esters is 1. The van der Waals surface area contributed by atoms with Crippen molar-refractivity contribution in [3.63, 3.8) is 0 Å².